The Kier molecular flexibility index (Phi) is 4.79. The summed E-state index contributed by atoms with van der Waals surface area (Å²) in [6.07, 6.45) is 0.218. The predicted molar refractivity (Wildman–Crippen MR) is 53.9 cm³/mol. The molecule has 0 aromatic carbocycles. The molecular formula is C10H16N2O3. The van der Waals surface area contributed by atoms with E-state index in [0.717, 1.165) is 0 Å². The number of carboxylic acids is 1. The van der Waals surface area contributed by atoms with Gasteiger partial charge in [0, 0.05) is 13.1 Å². The zero-order valence-corrected chi connectivity index (χ0v) is 9.28. The number of nitrogens with zero attached hydrogens (tertiary/aromatic N) is 2. The molecule has 0 saturated heterocycles. The van der Waals surface area contributed by atoms with Crippen LogP contribution < -0.4 is 0 Å². The summed E-state index contributed by atoms with van der Waals surface area (Å²) < 4.78 is 0. The summed E-state index contributed by atoms with van der Waals surface area (Å²) in [5.74, 6) is -1.60. The molecule has 0 fully saturated rings. The Labute approximate surface area is 89.3 Å². The van der Waals surface area contributed by atoms with Gasteiger partial charge in [0.2, 0.25) is 5.91 Å². The fourth-order valence-corrected chi connectivity index (χ4v) is 1.07. The molecule has 1 amide bonds. The lowest BCUT2D eigenvalue weighted by Gasteiger charge is -2.27. The Balaban J connectivity index is 4.66. The van der Waals surface area contributed by atoms with E-state index in [1.807, 2.05) is 6.07 Å². The number of amides is 1. The van der Waals surface area contributed by atoms with Gasteiger partial charge in [-0.3, -0.25) is 9.59 Å². The predicted octanol–water partition coefficient (Wildman–Crippen LogP) is 0.859. The van der Waals surface area contributed by atoms with Gasteiger partial charge in [0.05, 0.1) is 12.5 Å². The zero-order valence-electron chi connectivity index (χ0n) is 9.28. The molecule has 84 valence electrons. The van der Waals surface area contributed by atoms with Gasteiger partial charge >= 0.3 is 5.97 Å². The first-order chi connectivity index (χ1) is 6.87. The van der Waals surface area contributed by atoms with E-state index >= 15 is 0 Å². The standard InChI is InChI=1S/C10H16N2O3/c1-4-12(7-5-6-11)8(13)10(2,3)9(14)15/h4-5,7H2,1-3H3,(H,14,15). The van der Waals surface area contributed by atoms with Crippen LogP contribution in [0.5, 0.6) is 0 Å². The molecule has 0 saturated carbocycles. The highest BCUT2D eigenvalue weighted by atomic mass is 16.4. The second kappa shape index (κ2) is 5.35. The van der Waals surface area contributed by atoms with Crippen molar-refractivity contribution in [2.75, 3.05) is 13.1 Å². The van der Waals surface area contributed by atoms with Crippen LogP contribution in [-0.4, -0.2) is 35.0 Å². The van der Waals surface area contributed by atoms with Crippen molar-refractivity contribution in [3.8, 4) is 6.07 Å². The minimum absolute atomic E-state index is 0.218. The minimum atomic E-state index is -1.43. The first-order valence-corrected chi connectivity index (χ1v) is 4.77. The van der Waals surface area contributed by atoms with Crippen molar-refractivity contribution in [1.29, 1.82) is 5.26 Å². The van der Waals surface area contributed by atoms with Gasteiger partial charge in [-0.25, -0.2) is 0 Å². The van der Waals surface area contributed by atoms with Crippen LogP contribution in [0.4, 0.5) is 0 Å². The van der Waals surface area contributed by atoms with E-state index < -0.39 is 17.3 Å². The lowest BCUT2D eigenvalue weighted by molar-refractivity contribution is -0.158. The van der Waals surface area contributed by atoms with Gasteiger partial charge < -0.3 is 10.0 Å². The zero-order chi connectivity index (χ0) is 12.1. The molecule has 0 aliphatic carbocycles. The minimum Gasteiger partial charge on any atom is -0.480 e. The Morgan fingerprint density at radius 1 is 1.47 bits per heavy atom. The third-order valence-corrected chi connectivity index (χ3v) is 2.23. The molecule has 0 atom stereocenters. The first kappa shape index (κ1) is 13.4. The number of nitriles is 1. The Hall–Kier alpha value is -1.57. The molecular weight excluding hydrogens is 196 g/mol. The molecule has 0 aromatic heterocycles. The molecule has 5 heteroatoms. The van der Waals surface area contributed by atoms with Crippen molar-refractivity contribution in [2.24, 2.45) is 5.41 Å². The van der Waals surface area contributed by atoms with E-state index in [9.17, 15) is 9.59 Å². The summed E-state index contributed by atoms with van der Waals surface area (Å²) in [6, 6.07) is 1.93. The highest BCUT2D eigenvalue weighted by Gasteiger charge is 2.38. The largest absolute Gasteiger partial charge is 0.480 e. The van der Waals surface area contributed by atoms with Crippen LogP contribution in [0.25, 0.3) is 0 Å². The maximum Gasteiger partial charge on any atom is 0.318 e. The van der Waals surface area contributed by atoms with Crippen LogP contribution >= 0.6 is 0 Å². The molecule has 0 radical (unpaired) electrons. The summed E-state index contributed by atoms with van der Waals surface area (Å²) in [6.45, 7) is 5.19. The SMILES string of the molecule is CCN(CCC#N)C(=O)C(C)(C)C(=O)O. The molecule has 0 spiro atoms. The number of hydrogen-bond acceptors (Lipinski definition) is 3. The number of aliphatic carboxylic acids is 1. The van der Waals surface area contributed by atoms with Gasteiger partial charge in [-0.2, -0.15) is 5.26 Å². The Morgan fingerprint density at radius 2 is 2.00 bits per heavy atom. The van der Waals surface area contributed by atoms with Crippen LogP contribution in [0.2, 0.25) is 0 Å². The molecule has 1 N–H and O–H groups in total. The van der Waals surface area contributed by atoms with Crippen molar-refractivity contribution in [2.45, 2.75) is 27.2 Å². The van der Waals surface area contributed by atoms with Crippen LogP contribution in [-0.2, 0) is 9.59 Å². The van der Waals surface area contributed by atoms with Crippen molar-refractivity contribution in [3.05, 3.63) is 0 Å². The van der Waals surface area contributed by atoms with Crippen molar-refractivity contribution in [3.63, 3.8) is 0 Å². The highest BCUT2D eigenvalue weighted by Crippen LogP contribution is 2.19. The van der Waals surface area contributed by atoms with E-state index in [1.165, 1.54) is 18.7 Å². The summed E-state index contributed by atoms with van der Waals surface area (Å²) in [5.41, 5.74) is -1.43. The Bertz CT molecular complexity index is 292. The van der Waals surface area contributed by atoms with E-state index in [0.29, 0.717) is 6.54 Å². The average Bonchev–Trinajstić information content (AvgIpc) is 2.18. The van der Waals surface area contributed by atoms with Gasteiger partial charge in [0.1, 0.15) is 5.41 Å². The van der Waals surface area contributed by atoms with Crippen LogP contribution in [0.3, 0.4) is 0 Å². The smallest absolute Gasteiger partial charge is 0.318 e. The first-order valence-electron chi connectivity index (χ1n) is 4.77. The van der Waals surface area contributed by atoms with Crippen molar-refractivity contribution in [1.82, 2.24) is 4.90 Å². The Morgan fingerprint density at radius 3 is 2.33 bits per heavy atom. The molecule has 0 bridgehead atoms. The summed E-state index contributed by atoms with van der Waals surface area (Å²) >= 11 is 0. The van der Waals surface area contributed by atoms with Crippen molar-refractivity contribution < 1.29 is 14.7 Å². The van der Waals surface area contributed by atoms with E-state index in [2.05, 4.69) is 0 Å². The lowest BCUT2D eigenvalue weighted by Crippen LogP contribution is -2.45. The molecule has 15 heavy (non-hydrogen) atoms. The highest BCUT2D eigenvalue weighted by molar-refractivity contribution is 6.00. The molecule has 0 aliphatic rings. The molecule has 0 heterocycles. The monoisotopic (exact) mass is 212 g/mol. The van der Waals surface area contributed by atoms with E-state index in [1.54, 1.807) is 6.92 Å². The maximum absolute atomic E-state index is 11.8. The fraction of sp³-hybridized carbons (Fsp3) is 0.700. The van der Waals surface area contributed by atoms with Gasteiger partial charge in [-0.15, -0.1) is 0 Å². The van der Waals surface area contributed by atoms with Gasteiger partial charge in [0.25, 0.3) is 0 Å². The number of hydrogen-bond donors (Lipinski definition) is 1. The topological polar surface area (TPSA) is 81.4 Å². The molecule has 0 rings (SSSR count). The fourth-order valence-electron chi connectivity index (χ4n) is 1.07. The maximum atomic E-state index is 11.8. The third-order valence-electron chi connectivity index (χ3n) is 2.23. The van der Waals surface area contributed by atoms with Crippen LogP contribution in [0.15, 0.2) is 0 Å². The number of rotatable bonds is 5. The number of carboxylic acid groups (broad SMARTS) is 1. The van der Waals surface area contributed by atoms with Gasteiger partial charge in [-0.05, 0) is 20.8 Å². The molecule has 0 aromatic rings. The summed E-state index contributed by atoms with van der Waals surface area (Å²) in [7, 11) is 0. The third kappa shape index (κ3) is 3.24. The molecule has 0 aliphatic heterocycles. The summed E-state index contributed by atoms with van der Waals surface area (Å²) in [4.78, 5) is 24.0. The second-order valence-corrected chi connectivity index (χ2v) is 3.72. The number of carbonyl (C=O) groups excluding carboxylic acids is 1. The average molecular weight is 212 g/mol. The molecule has 5 nitrogen and oxygen atoms in total. The summed E-state index contributed by atoms with van der Waals surface area (Å²) in [5, 5.41) is 17.3. The quantitative estimate of drug-likeness (QED) is 0.685. The second-order valence-electron chi connectivity index (χ2n) is 3.72. The van der Waals surface area contributed by atoms with Crippen LogP contribution in [0, 0.1) is 16.7 Å². The van der Waals surface area contributed by atoms with Gasteiger partial charge in [0.15, 0.2) is 0 Å². The molecule has 0 unspecified atom stereocenters. The normalized spacial score (nSPS) is 10.5. The van der Waals surface area contributed by atoms with Crippen LogP contribution in [0.1, 0.15) is 27.2 Å². The van der Waals surface area contributed by atoms with E-state index in [4.69, 9.17) is 10.4 Å². The van der Waals surface area contributed by atoms with Crippen molar-refractivity contribution >= 4 is 11.9 Å². The van der Waals surface area contributed by atoms with Gasteiger partial charge in [-0.1, -0.05) is 0 Å². The number of carbonyl (C=O) groups is 2. The lowest BCUT2D eigenvalue weighted by atomic mass is 9.92. The van der Waals surface area contributed by atoms with E-state index in [-0.39, 0.29) is 13.0 Å².